The van der Waals surface area contributed by atoms with Gasteiger partial charge >= 0.3 is 0 Å². The Bertz CT molecular complexity index is 378. The molecular formula is C5H6BrN3O2S. The summed E-state index contributed by atoms with van der Waals surface area (Å²) >= 11 is 3.15. The molecule has 0 amide bonds. The van der Waals surface area contributed by atoms with Crippen molar-refractivity contribution >= 4 is 32.0 Å². The van der Waals surface area contributed by atoms with Gasteiger partial charge in [0.1, 0.15) is 5.82 Å². The lowest BCUT2D eigenvalue weighted by molar-refractivity contribution is 0.602. The van der Waals surface area contributed by atoms with E-state index in [1.807, 2.05) is 4.72 Å². The molecule has 0 aliphatic heterocycles. The van der Waals surface area contributed by atoms with Gasteiger partial charge in [-0.1, -0.05) is 15.9 Å². The monoisotopic (exact) mass is 251 g/mol. The molecule has 66 valence electrons. The summed E-state index contributed by atoms with van der Waals surface area (Å²) in [7, 11) is -3.73. The third-order valence-corrected chi connectivity index (χ3v) is 1.96. The summed E-state index contributed by atoms with van der Waals surface area (Å²) in [5.41, 5.74) is 0. The third kappa shape index (κ3) is 3.16. The Morgan fingerprint density at radius 3 is 2.75 bits per heavy atom. The fraction of sp³-hybridized carbons (Fsp3) is 0. The van der Waals surface area contributed by atoms with E-state index in [1.165, 1.54) is 12.3 Å². The lowest BCUT2D eigenvalue weighted by atomic mass is 10.5. The molecule has 0 saturated carbocycles. The Balaban J connectivity index is 2.91. The van der Waals surface area contributed by atoms with Crippen LogP contribution in [0.5, 0.6) is 0 Å². The van der Waals surface area contributed by atoms with Crippen LogP contribution >= 0.6 is 15.9 Å². The number of hydrogen-bond donors (Lipinski definition) is 2. The Kier molecular flexibility index (Phi) is 2.65. The van der Waals surface area contributed by atoms with Crippen LogP contribution in [0.1, 0.15) is 0 Å². The Morgan fingerprint density at radius 1 is 1.58 bits per heavy atom. The fourth-order valence-corrected chi connectivity index (χ4v) is 1.34. The number of anilines is 1. The molecule has 0 radical (unpaired) electrons. The molecule has 1 heterocycles. The van der Waals surface area contributed by atoms with Crippen LogP contribution in [0.25, 0.3) is 0 Å². The SMILES string of the molecule is NS(=O)(=O)Nc1cc(Br)ccn1. The van der Waals surface area contributed by atoms with Gasteiger partial charge in [0.15, 0.2) is 0 Å². The first-order chi connectivity index (χ1) is 5.47. The van der Waals surface area contributed by atoms with Crippen molar-refractivity contribution in [3.8, 4) is 0 Å². The molecule has 7 heteroatoms. The fourth-order valence-electron chi connectivity index (χ4n) is 0.606. The first kappa shape index (κ1) is 9.43. The highest BCUT2D eigenvalue weighted by atomic mass is 79.9. The first-order valence-corrected chi connectivity index (χ1v) is 5.23. The molecule has 0 saturated heterocycles. The zero-order valence-electron chi connectivity index (χ0n) is 5.86. The van der Waals surface area contributed by atoms with Crippen molar-refractivity contribution < 1.29 is 8.42 Å². The molecule has 3 N–H and O–H groups in total. The van der Waals surface area contributed by atoms with Gasteiger partial charge in [0.05, 0.1) is 0 Å². The molecule has 0 spiro atoms. The highest BCUT2D eigenvalue weighted by Gasteiger charge is 2.02. The quantitative estimate of drug-likeness (QED) is 0.801. The van der Waals surface area contributed by atoms with Crippen LogP contribution in [0.15, 0.2) is 22.8 Å². The number of hydrogen-bond acceptors (Lipinski definition) is 3. The van der Waals surface area contributed by atoms with Crippen molar-refractivity contribution in [2.24, 2.45) is 5.14 Å². The van der Waals surface area contributed by atoms with Crippen LogP contribution < -0.4 is 9.86 Å². The van der Waals surface area contributed by atoms with Gasteiger partial charge in [0.2, 0.25) is 0 Å². The van der Waals surface area contributed by atoms with Crippen LogP contribution in [0.2, 0.25) is 0 Å². The second-order valence-electron chi connectivity index (χ2n) is 2.01. The largest absolute Gasteiger partial charge is 0.297 e. The maximum atomic E-state index is 10.5. The van der Waals surface area contributed by atoms with Gasteiger partial charge in [-0.2, -0.15) is 8.42 Å². The minimum absolute atomic E-state index is 0.187. The van der Waals surface area contributed by atoms with Gasteiger partial charge in [0.25, 0.3) is 10.2 Å². The molecule has 0 aromatic carbocycles. The lowest BCUT2D eigenvalue weighted by Gasteiger charge is -2.01. The van der Waals surface area contributed by atoms with Crippen molar-refractivity contribution in [1.82, 2.24) is 4.98 Å². The second kappa shape index (κ2) is 3.38. The van der Waals surface area contributed by atoms with Crippen molar-refractivity contribution in [3.05, 3.63) is 22.8 Å². The maximum Gasteiger partial charge on any atom is 0.297 e. The van der Waals surface area contributed by atoms with Crippen molar-refractivity contribution in [2.75, 3.05) is 4.72 Å². The Hall–Kier alpha value is -0.660. The number of pyridine rings is 1. The predicted octanol–water partition coefficient (Wildman–Crippen LogP) is 0.460. The summed E-state index contributed by atoms with van der Waals surface area (Å²) < 4.78 is 23.8. The van der Waals surface area contributed by atoms with Crippen LogP contribution in [-0.4, -0.2) is 13.4 Å². The summed E-state index contributed by atoms with van der Waals surface area (Å²) in [4.78, 5) is 3.72. The Morgan fingerprint density at radius 2 is 2.25 bits per heavy atom. The number of rotatable bonds is 2. The van der Waals surface area contributed by atoms with E-state index in [9.17, 15) is 8.42 Å². The molecular weight excluding hydrogens is 246 g/mol. The topological polar surface area (TPSA) is 85.1 Å². The second-order valence-corrected chi connectivity index (χ2v) is 4.22. The van der Waals surface area contributed by atoms with E-state index in [0.717, 1.165) is 4.47 Å². The van der Waals surface area contributed by atoms with Gasteiger partial charge < -0.3 is 0 Å². The molecule has 1 rings (SSSR count). The van der Waals surface area contributed by atoms with Crippen LogP contribution in [0.4, 0.5) is 5.82 Å². The zero-order valence-corrected chi connectivity index (χ0v) is 8.26. The summed E-state index contributed by atoms with van der Waals surface area (Å²) in [5.74, 6) is 0.187. The molecule has 0 fully saturated rings. The van der Waals surface area contributed by atoms with Crippen molar-refractivity contribution in [2.45, 2.75) is 0 Å². The van der Waals surface area contributed by atoms with Crippen LogP contribution in [-0.2, 0) is 10.2 Å². The molecule has 0 atom stereocenters. The van der Waals surface area contributed by atoms with Crippen LogP contribution in [0, 0.1) is 0 Å². The molecule has 0 aliphatic carbocycles. The highest BCUT2D eigenvalue weighted by Crippen LogP contribution is 2.12. The third-order valence-electron chi connectivity index (χ3n) is 0.969. The number of nitrogens with zero attached hydrogens (tertiary/aromatic N) is 1. The normalized spacial score (nSPS) is 11.2. The van der Waals surface area contributed by atoms with Gasteiger partial charge in [-0.05, 0) is 12.1 Å². The number of aromatic nitrogens is 1. The molecule has 1 aromatic heterocycles. The van der Waals surface area contributed by atoms with Gasteiger partial charge in [-0.3, -0.25) is 4.72 Å². The minimum atomic E-state index is -3.73. The van der Waals surface area contributed by atoms with Gasteiger partial charge in [-0.25, -0.2) is 10.1 Å². The molecule has 1 aromatic rings. The number of nitrogens with two attached hydrogens (primary N) is 1. The lowest BCUT2D eigenvalue weighted by Crippen LogP contribution is -2.22. The smallest absolute Gasteiger partial charge is 0.255 e. The standard InChI is InChI=1S/C5H6BrN3O2S/c6-4-1-2-8-5(3-4)9-12(7,10)11/h1-3H,(H,8,9)(H2,7,10,11). The van der Waals surface area contributed by atoms with Crippen molar-refractivity contribution in [3.63, 3.8) is 0 Å². The molecule has 0 aliphatic rings. The first-order valence-electron chi connectivity index (χ1n) is 2.89. The highest BCUT2D eigenvalue weighted by molar-refractivity contribution is 9.10. The van der Waals surface area contributed by atoms with Gasteiger partial charge in [0, 0.05) is 10.7 Å². The maximum absolute atomic E-state index is 10.5. The van der Waals surface area contributed by atoms with Crippen molar-refractivity contribution in [1.29, 1.82) is 0 Å². The average molecular weight is 252 g/mol. The van der Waals surface area contributed by atoms with E-state index >= 15 is 0 Å². The predicted molar refractivity (Wildman–Crippen MR) is 48.7 cm³/mol. The number of halogens is 1. The van der Waals surface area contributed by atoms with E-state index in [0.29, 0.717) is 0 Å². The minimum Gasteiger partial charge on any atom is -0.255 e. The summed E-state index contributed by atoms with van der Waals surface area (Å²) in [5, 5.41) is 4.72. The molecule has 12 heavy (non-hydrogen) atoms. The zero-order chi connectivity index (χ0) is 9.19. The average Bonchev–Trinajstić information content (AvgIpc) is 1.82. The summed E-state index contributed by atoms with van der Waals surface area (Å²) in [6, 6.07) is 3.18. The summed E-state index contributed by atoms with van der Waals surface area (Å²) in [6.07, 6.45) is 1.46. The number of nitrogens with one attached hydrogen (secondary N) is 1. The van der Waals surface area contributed by atoms with Gasteiger partial charge in [-0.15, -0.1) is 0 Å². The van der Waals surface area contributed by atoms with E-state index in [2.05, 4.69) is 20.9 Å². The van der Waals surface area contributed by atoms with E-state index < -0.39 is 10.2 Å². The molecule has 5 nitrogen and oxygen atoms in total. The molecule has 0 bridgehead atoms. The van der Waals surface area contributed by atoms with E-state index in [-0.39, 0.29) is 5.82 Å². The Labute approximate surface area is 78.3 Å². The van der Waals surface area contributed by atoms with E-state index in [4.69, 9.17) is 5.14 Å². The summed E-state index contributed by atoms with van der Waals surface area (Å²) in [6.45, 7) is 0. The molecule has 0 unspecified atom stereocenters. The van der Waals surface area contributed by atoms with E-state index in [1.54, 1.807) is 6.07 Å². The van der Waals surface area contributed by atoms with Crippen LogP contribution in [0.3, 0.4) is 0 Å².